The Kier molecular flexibility index (Phi) is 2.88. The Hall–Kier alpha value is -1.94. The van der Waals surface area contributed by atoms with Crippen LogP contribution in [0.1, 0.15) is 25.3 Å². The fraction of sp³-hybridized carbons (Fsp3) is 0.500. The van der Waals surface area contributed by atoms with Gasteiger partial charge in [0.25, 0.3) is 0 Å². The van der Waals surface area contributed by atoms with E-state index in [2.05, 4.69) is 36.1 Å². The van der Waals surface area contributed by atoms with Crippen LogP contribution in [0.2, 0.25) is 0 Å². The quantitative estimate of drug-likeness (QED) is 0.590. The zero-order chi connectivity index (χ0) is 16.5. The number of allylic oxidation sites excluding steroid dienone is 1. The number of piperidine rings is 2. The SMILES string of the molecule is CC=C1CN2CCC34C(=Nc5ccccc53)C2CC1C4C(=O)OC. The molecule has 1 saturated carbocycles. The lowest BCUT2D eigenvalue weighted by molar-refractivity contribution is -0.151. The van der Waals surface area contributed by atoms with E-state index in [0.717, 1.165) is 31.6 Å². The van der Waals surface area contributed by atoms with Crippen LogP contribution in [0.15, 0.2) is 40.9 Å². The molecule has 3 aliphatic heterocycles. The highest BCUT2D eigenvalue weighted by Crippen LogP contribution is 2.60. The molecular formula is C20H22N2O2. The average molecular weight is 322 g/mol. The number of methoxy groups -OCH3 is 1. The molecule has 4 nitrogen and oxygen atoms in total. The Labute approximate surface area is 142 Å². The van der Waals surface area contributed by atoms with Gasteiger partial charge in [-0.05, 0) is 37.3 Å². The molecule has 1 aliphatic carbocycles. The minimum absolute atomic E-state index is 0.0717. The topological polar surface area (TPSA) is 41.9 Å². The van der Waals surface area contributed by atoms with Gasteiger partial charge in [-0.2, -0.15) is 0 Å². The van der Waals surface area contributed by atoms with Crippen molar-refractivity contribution in [2.75, 3.05) is 20.2 Å². The summed E-state index contributed by atoms with van der Waals surface area (Å²) in [5.41, 5.74) is 4.64. The maximum Gasteiger partial charge on any atom is 0.310 e. The number of ether oxygens (including phenoxy) is 1. The van der Waals surface area contributed by atoms with Gasteiger partial charge in [-0.3, -0.25) is 14.7 Å². The first kappa shape index (κ1) is 14.4. The molecule has 0 N–H and O–H groups in total. The minimum atomic E-state index is -0.261. The Balaban J connectivity index is 1.79. The van der Waals surface area contributed by atoms with Crippen LogP contribution < -0.4 is 0 Å². The van der Waals surface area contributed by atoms with Gasteiger partial charge in [0.05, 0.1) is 24.1 Å². The summed E-state index contributed by atoms with van der Waals surface area (Å²) in [7, 11) is 1.52. The standard InChI is InChI=1S/C20H22N2O2/c1-3-12-11-22-9-8-20-14-6-4-5-7-15(14)21-18(20)16(22)10-13(12)17(20)19(23)24-2/h3-7,13,16-17H,8-11H2,1-2H3. The molecule has 124 valence electrons. The summed E-state index contributed by atoms with van der Waals surface area (Å²) in [6, 6.07) is 8.76. The second-order valence-corrected chi connectivity index (χ2v) is 7.43. The zero-order valence-electron chi connectivity index (χ0n) is 14.2. The number of hydrogen-bond donors (Lipinski definition) is 0. The van der Waals surface area contributed by atoms with E-state index in [4.69, 9.17) is 9.73 Å². The molecule has 24 heavy (non-hydrogen) atoms. The van der Waals surface area contributed by atoms with Gasteiger partial charge < -0.3 is 4.74 Å². The van der Waals surface area contributed by atoms with E-state index in [1.54, 1.807) is 0 Å². The molecular weight excluding hydrogens is 300 g/mol. The van der Waals surface area contributed by atoms with Crippen molar-refractivity contribution in [3.63, 3.8) is 0 Å². The van der Waals surface area contributed by atoms with Crippen molar-refractivity contribution >= 4 is 17.4 Å². The second kappa shape index (κ2) is 4.79. The zero-order valence-corrected chi connectivity index (χ0v) is 14.2. The van der Waals surface area contributed by atoms with Crippen LogP contribution in [0.3, 0.4) is 0 Å². The van der Waals surface area contributed by atoms with Crippen molar-refractivity contribution in [3.8, 4) is 0 Å². The maximum absolute atomic E-state index is 12.9. The van der Waals surface area contributed by atoms with E-state index < -0.39 is 0 Å². The highest BCUT2D eigenvalue weighted by molar-refractivity contribution is 6.09. The Bertz CT molecular complexity index is 797. The van der Waals surface area contributed by atoms with Crippen molar-refractivity contribution < 1.29 is 9.53 Å². The number of para-hydroxylation sites is 1. The fourth-order valence-electron chi connectivity index (χ4n) is 5.77. The highest BCUT2D eigenvalue weighted by atomic mass is 16.5. The number of carbonyl (C=O) groups is 1. The lowest BCUT2D eigenvalue weighted by atomic mass is 9.51. The molecule has 4 atom stereocenters. The number of aliphatic imine (C=N–C) groups is 1. The van der Waals surface area contributed by atoms with Gasteiger partial charge in [-0.25, -0.2) is 0 Å². The maximum atomic E-state index is 12.9. The van der Waals surface area contributed by atoms with E-state index in [1.165, 1.54) is 24.0 Å². The normalized spacial score (nSPS) is 37.8. The first-order valence-corrected chi connectivity index (χ1v) is 8.86. The van der Waals surface area contributed by atoms with Crippen molar-refractivity contribution in [2.45, 2.75) is 31.2 Å². The van der Waals surface area contributed by atoms with Crippen LogP contribution in [0.5, 0.6) is 0 Å². The molecule has 3 fully saturated rings. The van der Waals surface area contributed by atoms with Crippen molar-refractivity contribution in [1.29, 1.82) is 0 Å². The van der Waals surface area contributed by atoms with Crippen molar-refractivity contribution in [1.82, 2.24) is 4.90 Å². The molecule has 3 bridgehead atoms. The smallest absolute Gasteiger partial charge is 0.310 e. The molecule has 0 amide bonds. The number of fused-ring (bicyclic) bond motifs is 2. The Morgan fingerprint density at radius 3 is 3.04 bits per heavy atom. The summed E-state index contributed by atoms with van der Waals surface area (Å²) in [4.78, 5) is 20.5. The number of rotatable bonds is 1. The number of esters is 1. The van der Waals surface area contributed by atoms with Gasteiger partial charge in [-0.15, -0.1) is 0 Å². The van der Waals surface area contributed by atoms with Gasteiger partial charge in [0.15, 0.2) is 0 Å². The molecule has 1 aromatic carbocycles. The molecule has 4 aliphatic rings. The summed E-state index contributed by atoms with van der Waals surface area (Å²) in [5.74, 6) is 0.0569. The third-order valence-electron chi connectivity index (χ3n) is 6.73. The molecule has 4 heteroatoms. The summed E-state index contributed by atoms with van der Waals surface area (Å²) < 4.78 is 5.31. The van der Waals surface area contributed by atoms with E-state index in [0.29, 0.717) is 6.04 Å². The van der Waals surface area contributed by atoms with E-state index in [1.807, 2.05) is 6.07 Å². The van der Waals surface area contributed by atoms with Gasteiger partial charge in [-0.1, -0.05) is 29.8 Å². The monoisotopic (exact) mass is 322 g/mol. The number of nitrogens with zero attached hydrogens (tertiary/aromatic N) is 2. The molecule has 0 aromatic heterocycles. The first-order chi connectivity index (χ1) is 11.7. The predicted octanol–water partition coefficient (Wildman–Crippen LogP) is 2.85. The summed E-state index contributed by atoms with van der Waals surface area (Å²) in [6.45, 7) is 4.09. The molecule has 1 aromatic rings. The Morgan fingerprint density at radius 2 is 2.25 bits per heavy atom. The second-order valence-electron chi connectivity index (χ2n) is 7.43. The van der Waals surface area contributed by atoms with Crippen LogP contribution in [0, 0.1) is 11.8 Å². The van der Waals surface area contributed by atoms with Gasteiger partial charge in [0.1, 0.15) is 0 Å². The van der Waals surface area contributed by atoms with E-state index in [-0.39, 0.29) is 23.2 Å². The number of hydrogen-bond acceptors (Lipinski definition) is 4. The summed E-state index contributed by atoms with van der Waals surface area (Å²) in [6.07, 6.45) is 4.17. The third-order valence-corrected chi connectivity index (χ3v) is 6.73. The average Bonchev–Trinajstić information content (AvgIpc) is 2.96. The number of benzene rings is 1. The molecule has 4 unspecified atom stereocenters. The van der Waals surface area contributed by atoms with Crippen LogP contribution in [-0.4, -0.2) is 42.8 Å². The van der Waals surface area contributed by atoms with Crippen molar-refractivity contribution in [3.05, 3.63) is 41.5 Å². The van der Waals surface area contributed by atoms with Crippen LogP contribution in [0.4, 0.5) is 5.69 Å². The summed E-state index contributed by atoms with van der Waals surface area (Å²) in [5, 5.41) is 0. The Morgan fingerprint density at radius 1 is 1.42 bits per heavy atom. The van der Waals surface area contributed by atoms with E-state index in [9.17, 15) is 4.79 Å². The van der Waals surface area contributed by atoms with Gasteiger partial charge >= 0.3 is 5.97 Å². The first-order valence-electron chi connectivity index (χ1n) is 8.86. The van der Waals surface area contributed by atoms with Gasteiger partial charge in [0.2, 0.25) is 0 Å². The van der Waals surface area contributed by atoms with Crippen LogP contribution >= 0.6 is 0 Å². The summed E-state index contributed by atoms with van der Waals surface area (Å²) >= 11 is 0. The lowest BCUT2D eigenvalue weighted by Crippen LogP contribution is -2.68. The molecule has 3 heterocycles. The molecule has 2 saturated heterocycles. The van der Waals surface area contributed by atoms with E-state index >= 15 is 0 Å². The fourth-order valence-corrected chi connectivity index (χ4v) is 5.77. The lowest BCUT2D eigenvalue weighted by Gasteiger charge is -2.59. The highest BCUT2D eigenvalue weighted by Gasteiger charge is 2.65. The molecule has 0 radical (unpaired) electrons. The van der Waals surface area contributed by atoms with Crippen LogP contribution in [-0.2, 0) is 14.9 Å². The third kappa shape index (κ3) is 1.53. The number of carbonyl (C=O) groups excluding carboxylic acids is 1. The largest absolute Gasteiger partial charge is 0.469 e. The van der Waals surface area contributed by atoms with Crippen molar-refractivity contribution in [2.24, 2.45) is 16.8 Å². The van der Waals surface area contributed by atoms with Crippen LogP contribution in [0.25, 0.3) is 0 Å². The molecule has 5 rings (SSSR count). The predicted molar refractivity (Wildman–Crippen MR) is 92.6 cm³/mol. The minimum Gasteiger partial charge on any atom is -0.469 e. The molecule has 0 spiro atoms. The van der Waals surface area contributed by atoms with Gasteiger partial charge in [0, 0.05) is 24.8 Å².